The molecule has 0 saturated carbocycles. The van der Waals surface area contributed by atoms with E-state index in [0.29, 0.717) is 11.4 Å². The Bertz CT molecular complexity index is 283. The Hall–Kier alpha value is -1.45. The summed E-state index contributed by atoms with van der Waals surface area (Å²) in [7, 11) is 0. The smallest absolute Gasteiger partial charge is 0.109 e. The van der Waals surface area contributed by atoms with Gasteiger partial charge in [-0.25, -0.2) is 0 Å². The van der Waals surface area contributed by atoms with Crippen LogP contribution in [0.3, 0.4) is 0 Å². The summed E-state index contributed by atoms with van der Waals surface area (Å²) in [4.78, 5) is 7.99. The Morgan fingerprint density at radius 3 is 2.64 bits per heavy atom. The molecule has 0 atom stereocenters. The van der Waals surface area contributed by atoms with Crippen molar-refractivity contribution in [3.8, 4) is 0 Å². The first kappa shape index (κ1) is 7.65. The van der Waals surface area contributed by atoms with Gasteiger partial charge in [0, 0.05) is 12.4 Å². The molecule has 0 aliphatic rings. The number of rotatable bonds is 1. The van der Waals surface area contributed by atoms with Crippen molar-refractivity contribution in [1.82, 2.24) is 9.97 Å². The van der Waals surface area contributed by atoms with Crippen LogP contribution in [-0.4, -0.2) is 20.9 Å². The summed E-state index contributed by atoms with van der Waals surface area (Å²) in [5.74, 6) is 0. The normalized spacial score (nSPS) is 11.6. The lowest BCUT2D eigenvalue weighted by Crippen LogP contribution is -2.02. The number of hydrogen-bond acceptors (Lipinski definition) is 4. The largest absolute Gasteiger partial charge is 0.411 e. The summed E-state index contributed by atoms with van der Waals surface area (Å²) in [6.45, 7) is 3.49. The SMILES string of the molecule is C/C(=N\O)c1nccnc1C. The fourth-order valence-electron chi connectivity index (χ4n) is 0.810. The highest BCUT2D eigenvalue weighted by atomic mass is 16.4. The fraction of sp³-hybridized carbons (Fsp3) is 0.286. The zero-order chi connectivity index (χ0) is 8.27. The van der Waals surface area contributed by atoms with Crippen LogP contribution in [0.1, 0.15) is 18.3 Å². The van der Waals surface area contributed by atoms with Gasteiger partial charge in [-0.2, -0.15) is 0 Å². The van der Waals surface area contributed by atoms with Crippen LogP contribution in [0.2, 0.25) is 0 Å². The van der Waals surface area contributed by atoms with Crippen LogP contribution in [0.25, 0.3) is 0 Å². The second-order valence-corrected chi connectivity index (χ2v) is 2.18. The van der Waals surface area contributed by atoms with Crippen molar-refractivity contribution in [2.75, 3.05) is 0 Å². The zero-order valence-electron chi connectivity index (χ0n) is 6.44. The Morgan fingerprint density at radius 1 is 1.45 bits per heavy atom. The molecule has 0 radical (unpaired) electrons. The first-order valence-corrected chi connectivity index (χ1v) is 3.22. The van der Waals surface area contributed by atoms with Crippen molar-refractivity contribution in [2.45, 2.75) is 13.8 Å². The van der Waals surface area contributed by atoms with Gasteiger partial charge in [0.2, 0.25) is 0 Å². The van der Waals surface area contributed by atoms with Crippen molar-refractivity contribution in [3.05, 3.63) is 23.8 Å². The van der Waals surface area contributed by atoms with Crippen molar-refractivity contribution in [3.63, 3.8) is 0 Å². The topological polar surface area (TPSA) is 58.4 Å². The molecule has 1 N–H and O–H groups in total. The van der Waals surface area contributed by atoms with Crippen molar-refractivity contribution < 1.29 is 5.21 Å². The van der Waals surface area contributed by atoms with Gasteiger partial charge in [0.25, 0.3) is 0 Å². The molecule has 0 saturated heterocycles. The quantitative estimate of drug-likeness (QED) is 0.370. The standard InChI is InChI=1S/C7H9N3O/c1-5-7(6(2)10-11)9-4-3-8-5/h3-4,11H,1-2H3/b10-6+. The van der Waals surface area contributed by atoms with E-state index in [1.165, 1.54) is 0 Å². The van der Waals surface area contributed by atoms with Gasteiger partial charge >= 0.3 is 0 Å². The van der Waals surface area contributed by atoms with Crippen LogP contribution in [0.15, 0.2) is 17.5 Å². The predicted molar refractivity (Wildman–Crippen MR) is 40.8 cm³/mol. The molecule has 0 bridgehead atoms. The van der Waals surface area contributed by atoms with Gasteiger partial charge < -0.3 is 5.21 Å². The van der Waals surface area contributed by atoms with Gasteiger partial charge in [-0.3, -0.25) is 9.97 Å². The molecule has 11 heavy (non-hydrogen) atoms. The molecule has 1 heterocycles. The minimum atomic E-state index is 0.482. The zero-order valence-corrected chi connectivity index (χ0v) is 6.44. The van der Waals surface area contributed by atoms with Crippen LogP contribution in [-0.2, 0) is 0 Å². The van der Waals surface area contributed by atoms with E-state index >= 15 is 0 Å². The third-order valence-electron chi connectivity index (χ3n) is 1.37. The second kappa shape index (κ2) is 3.09. The van der Waals surface area contributed by atoms with Gasteiger partial charge in [0.1, 0.15) is 11.4 Å². The summed E-state index contributed by atoms with van der Waals surface area (Å²) < 4.78 is 0. The van der Waals surface area contributed by atoms with Gasteiger partial charge in [-0.15, -0.1) is 0 Å². The molecule has 4 nitrogen and oxygen atoms in total. The van der Waals surface area contributed by atoms with Gasteiger partial charge in [-0.1, -0.05) is 5.16 Å². The van der Waals surface area contributed by atoms with E-state index in [2.05, 4.69) is 15.1 Å². The molecule has 0 aliphatic carbocycles. The van der Waals surface area contributed by atoms with E-state index in [0.717, 1.165) is 5.69 Å². The van der Waals surface area contributed by atoms with Crippen LogP contribution in [0.4, 0.5) is 0 Å². The number of hydrogen-bond donors (Lipinski definition) is 1. The molecule has 4 heteroatoms. The van der Waals surface area contributed by atoms with E-state index in [1.54, 1.807) is 19.3 Å². The van der Waals surface area contributed by atoms with E-state index in [1.807, 2.05) is 6.92 Å². The molecule has 0 amide bonds. The van der Waals surface area contributed by atoms with Crippen molar-refractivity contribution in [2.24, 2.45) is 5.16 Å². The maximum absolute atomic E-state index is 8.43. The molecular weight excluding hydrogens is 142 g/mol. The average Bonchev–Trinajstić information content (AvgIpc) is 2.04. The highest BCUT2D eigenvalue weighted by Gasteiger charge is 2.02. The molecule has 1 aromatic rings. The average molecular weight is 151 g/mol. The third-order valence-corrected chi connectivity index (χ3v) is 1.37. The molecular formula is C7H9N3O. The summed E-state index contributed by atoms with van der Waals surface area (Å²) in [5.41, 5.74) is 1.88. The van der Waals surface area contributed by atoms with Crippen LogP contribution < -0.4 is 0 Å². The number of aryl methyl sites for hydroxylation is 1. The number of aromatic nitrogens is 2. The number of oxime groups is 1. The van der Waals surface area contributed by atoms with Crippen LogP contribution in [0, 0.1) is 6.92 Å². The predicted octanol–water partition coefficient (Wildman–Crippen LogP) is 0.983. The summed E-state index contributed by atoms with van der Waals surface area (Å²) in [6, 6.07) is 0. The van der Waals surface area contributed by atoms with Crippen LogP contribution >= 0.6 is 0 Å². The Balaban J connectivity index is 3.14. The van der Waals surface area contributed by atoms with E-state index < -0.39 is 0 Å². The molecule has 0 fully saturated rings. The minimum absolute atomic E-state index is 0.482. The first-order chi connectivity index (χ1) is 5.25. The lowest BCUT2D eigenvalue weighted by atomic mass is 10.2. The summed E-state index contributed by atoms with van der Waals surface area (Å²) in [6.07, 6.45) is 3.17. The van der Waals surface area contributed by atoms with E-state index in [-0.39, 0.29) is 0 Å². The van der Waals surface area contributed by atoms with Gasteiger partial charge in [-0.05, 0) is 13.8 Å². The van der Waals surface area contributed by atoms with Crippen molar-refractivity contribution in [1.29, 1.82) is 0 Å². The Kier molecular flexibility index (Phi) is 2.15. The maximum atomic E-state index is 8.43. The van der Waals surface area contributed by atoms with Crippen LogP contribution in [0.5, 0.6) is 0 Å². The van der Waals surface area contributed by atoms with Crippen molar-refractivity contribution >= 4 is 5.71 Å². The second-order valence-electron chi connectivity index (χ2n) is 2.18. The maximum Gasteiger partial charge on any atom is 0.109 e. The lowest BCUT2D eigenvalue weighted by Gasteiger charge is -1.98. The van der Waals surface area contributed by atoms with Gasteiger partial charge in [0.15, 0.2) is 0 Å². The molecule has 58 valence electrons. The molecule has 0 aromatic carbocycles. The lowest BCUT2D eigenvalue weighted by molar-refractivity contribution is 0.319. The third kappa shape index (κ3) is 1.52. The summed E-state index contributed by atoms with van der Waals surface area (Å²) >= 11 is 0. The van der Waals surface area contributed by atoms with E-state index in [9.17, 15) is 0 Å². The van der Waals surface area contributed by atoms with Gasteiger partial charge in [0.05, 0.1) is 5.69 Å². The Morgan fingerprint density at radius 2 is 2.09 bits per heavy atom. The highest BCUT2D eigenvalue weighted by molar-refractivity contribution is 5.97. The molecule has 1 aromatic heterocycles. The monoisotopic (exact) mass is 151 g/mol. The fourth-order valence-corrected chi connectivity index (χ4v) is 0.810. The highest BCUT2D eigenvalue weighted by Crippen LogP contribution is 2.00. The molecule has 0 aliphatic heterocycles. The molecule has 0 unspecified atom stereocenters. The van der Waals surface area contributed by atoms with E-state index in [4.69, 9.17) is 5.21 Å². The summed E-state index contributed by atoms with van der Waals surface area (Å²) in [5, 5.41) is 11.5. The molecule has 0 spiro atoms. The first-order valence-electron chi connectivity index (χ1n) is 3.22. The Labute approximate surface area is 64.6 Å². The minimum Gasteiger partial charge on any atom is -0.411 e. The molecule has 1 rings (SSSR count). The number of nitrogens with zero attached hydrogens (tertiary/aromatic N) is 3.